The second kappa shape index (κ2) is 8.07. The van der Waals surface area contributed by atoms with Crippen LogP contribution in [0, 0.1) is 0 Å². The number of benzene rings is 1. The molecule has 0 saturated carbocycles. The van der Waals surface area contributed by atoms with Gasteiger partial charge in [0.25, 0.3) is 5.91 Å². The number of anilines is 1. The summed E-state index contributed by atoms with van der Waals surface area (Å²) < 4.78 is 7.56. The molecule has 1 saturated heterocycles. The first-order chi connectivity index (χ1) is 13.3. The van der Waals surface area contributed by atoms with Gasteiger partial charge in [-0.1, -0.05) is 18.2 Å². The molecule has 1 fully saturated rings. The normalized spacial score (nSPS) is 13.9. The second-order valence-electron chi connectivity index (χ2n) is 6.63. The van der Waals surface area contributed by atoms with Gasteiger partial charge in [0.1, 0.15) is 0 Å². The van der Waals surface area contributed by atoms with Crippen molar-refractivity contribution in [3.63, 3.8) is 0 Å². The van der Waals surface area contributed by atoms with Crippen LogP contribution in [0.3, 0.4) is 0 Å². The monoisotopic (exact) mass is 365 g/mol. The van der Waals surface area contributed by atoms with Crippen LogP contribution in [0.5, 0.6) is 5.88 Å². The molecular formula is C20H23N5O2. The van der Waals surface area contributed by atoms with E-state index in [1.54, 1.807) is 6.07 Å². The topological polar surface area (TPSA) is 72.3 Å². The van der Waals surface area contributed by atoms with Crippen LogP contribution >= 0.6 is 0 Å². The first-order valence-corrected chi connectivity index (χ1v) is 9.32. The van der Waals surface area contributed by atoms with Gasteiger partial charge in [-0.05, 0) is 36.4 Å². The van der Waals surface area contributed by atoms with Crippen LogP contribution in [0.2, 0.25) is 0 Å². The Hall–Kier alpha value is -3.09. The van der Waals surface area contributed by atoms with E-state index in [9.17, 15) is 4.79 Å². The Bertz CT molecular complexity index is 900. The molecule has 0 spiro atoms. The maximum atomic E-state index is 12.0. The zero-order valence-corrected chi connectivity index (χ0v) is 15.2. The third kappa shape index (κ3) is 4.19. The highest BCUT2D eigenvalue weighted by molar-refractivity contribution is 5.80. The summed E-state index contributed by atoms with van der Waals surface area (Å²) in [6.45, 7) is 3.23. The van der Waals surface area contributed by atoms with Crippen molar-refractivity contribution in [2.45, 2.75) is 19.4 Å². The van der Waals surface area contributed by atoms with Crippen molar-refractivity contribution >= 4 is 22.6 Å². The molecule has 1 aliphatic heterocycles. The molecule has 4 rings (SSSR count). The number of rotatable bonds is 7. The molecule has 7 nitrogen and oxygen atoms in total. The van der Waals surface area contributed by atoms with Crippen molar-refractivity contribution in [2.75, 3.05) is 31.1 Å². The Kier molecular flexibility index (Phi) is 5.18. The predicted octanol–water partition coefficient (Wildman–Crippen LogP) is 2.23. The molecule has 140 valence electrons. The average Bonchev–Trinajstić information content (AvgIpc) is 3.37. The van der Waals surface area contributed by atoms with E-state index in [-0.39, 0.29) is 12.5 Å². The molecule has 0 unspecified atom stereocenters. The summed E-state index contributed by atoms with van der Waals surface area (Å²) in [5, 5.41) is 12.3. The summed E-state index contributed by atoms with van der Waals surface area (Å²) in [4.78, 5) is 14.2. The van der Waals surface area contributed by atoms with Gasteiger partial charge >= 0.3 is 0 Å². The molecule has 0 aliphatic carbocycles. The molecule has 1 aliphatic rings. The summed E-state index contributed by atoms with van der Waals surface area (Å²) in [6.07, 6.45) is 4.42. The Morgan fingerprint density at radius 1 is 1.07 bits per heavy atom. The number of carbonyl (C=O) groups excluding carboxylic acids is 1. The maximum Gasteiger partial charge on any atom is 0.258 e. The Balaban J connectivity index is 1.21. The molecule has 1 aromatic carbocycles. The lowest BCUT2D eigenvalue weighted by molar-refractivity contribution is -0.123. The Morgan fingerprint density at radius 2 is 1.93 bits per heavy atom. The van der Waals surface area contributed by atoms with Crippen molar-refractivity contribution in [3.05, 3.63) is 48.7 Å². The van der Waals surface area contributed by atoms with E-state index in [1.807, 2.05) is 24.4 Å². The van der Waals surface area contributed by atoms with Crippen molar-refractivity contribution in [2.24, 2.45) is 0 Å². The summed E-state index contributed by atoms with van der Waals surface area (Å²) in [5.74, 6) is 1.06. The number of para-hydroxylation sites is 1. The lowest BCUT2D eigenvalue weighted by Gasteiger charge is -2.15. The van der Waals surface area contributed by atoms with Gasteiger partial charge < -0.3 is 19.5 Å². The molecular weight excluding hydrogens is 342 g/mol. The summed E-state index contributed by atoms with van der Waals surface area (Å²) in [5.41, 5.74) is 1.16. The van der Waals surface area contributed by atoms with Crippen molar-refractivity contribution in [1.82, 2.24) is 20.1 Å². The molecule has 1 N–H and O–H groups in total. The molecule has 0 radical (unpaired) electrons. The number of fused-ring (bicyclic) bond motifs is 1. The lowest BCUT2D eigenvalue weighted by atomic mass is 10.2. The second-order valence-corrected chi connectivity index (χ2v) is 6.63. The minimum atomic E-state index is -0.170. The quantitative estimate of drug-likeness (QED) is 0.695. The van der Waals surface area contributed by atoms with Gasteiger partial charge in [-0.3, -0.25) is 4.79 Å². The number of nitrogens with one attached hydrogen (secondary N) is 1. The highest BCUT2D eigenvalue weighted by Crippen LogP contribution is 2.18. The molecule has 0 atom stereocenters. The number of hydrogen-bond acceptors (Lipinski definition) is 5. The van der Waals surface area contributed by atoms with Crippen LogP contribution in [0.4, 0.5) is 5.82 Å². The standard InChI is InChI=1S/C20H23N5O2/c26-19(21-10-14-24-13-9-16-5-1-2-6-17(16)24)15-27-20-8-7-18(22-23-20)25-11-3-4-12-25/h1-2,5-9,13H,3-4,10-12,14-15H2,(H,21,26). The number of amides is 1. The summed E-state index contributed by atoms with van der Waals surface area (Å²) in [6, 6.07) is 13.9. The SMILES string of the molecule is O=C(COc1ccc(N2CCCC2)nn1)NCCn1ccc2ccccc21. The fraction of sp³-hybridized carbons (Fsp3) is 0.350. The van der Waals surface area contributed by atoms with Gasteiger partial charge in [-0.25, -0.2) is 0 Å². The molecule has 3 heterocycles. The van der Waals surface area contributed by atoms with E-state index in [1.165, 1.54) is 18.2 Å². The fourth-order valence-electron chi connectivity index (χ4n) is 3.35. The fourth-order valence-corrected chi connectivity index (χ4v) is 3.35. The van der Waals surface area contributed by atoms with Gasteiger partial charge in [-0.15, -0.1) is 10.2 Å². The predicted molar refractivity (Wildman–Crippen MR) is 104 cm³/mol. The average molecular weight is 365 g/mol. The maximum absolute atomic E-state index is 12.0. The molecule has 1 amide bonds. The van der Waals surface area contributed by atoms with Crippen LogP contribution in [0.15, 0.2) is 48.7 Å². The van der Waals surface area contributed by atoms with Crippen LogP contribution in [-0.2, 0) is 11.3 Å². The molecule has 27 heavy (non-hydrogen) atoms. The van der Waals surface area contributed by atoms with E-state index in [0.717, 1.165) is 24.4 Å². The van der Waals surface area contributed by atoms with Crippen LogP contribution in [-0.4, -0.2) is 46.9 Å². The lowest BCUT2D eigenvalue weighted by Crippen LogP contribution is -2.31. The first-order valence-electron chi connectivity index (χ1n) is 9.32. The highest BCUT2D eigenvalue weighted by Gasteiger charge is 2.14. The molecule has 0 bridgehead atoms. The third-order valence-electron chi connectivity index (χ3n) is 4.76. The first kappa shape index (κ1) is 17.3. The van der Waals surface area contributed by atoms with Gasteiger partial charge in [0.15, 0.2) is 12.4 Å². The van der Waals surface area contributed by atoms with E-state index >= 15 is 0 Å². The van der Waals surface area contributed by atoms with Crippen LogP contribution < -0.4 is 15.0 Å². The van der Waals surface area contributed by atoms with Gasteiger partial charge in [0.2, 0.25) is 5.88 Å². The van der Waals surface area contributed by atoms with E-state index in [4.69, 9.17) is 4.74 Å². The number of hydrogen-bond donors (Lipinski definition) is 1. The van der Waals surface area contributed by atoms with Crippen molar-refractivity contribution < 1.29 is 9.53 Å². The third-order valence-corrected chi connectivity index (χ3v) is 4.76. The van der Waals surface area contributed by atoms with Crippen LogP contribution in [0.1, 0.15) is 12.8 Å². The van der Waals surface area contributed by atoms with Crippen molar-refractivity contribution in [3.8, 4) is 5.88 Å². The summed E-state index contributed by atoms with van der Waals surface area (Å²) >= 11 is 0. The van der Waals surface area contributed by atoms with Crippen LogP contribution in [0.25, 0.3) is 10.9 Å². The largest absolute Gasteiger partial charge is 0.466 e. The minimum absolute atomic E-state index is 0.0653. The number of aromatic nitrogens is 3. The molecule has 2 aromatic heterocycles. The van der Waals surface area contributed by atoms with Gasteiger partial charge in [0, 0.05) is 44.0 Å². The molecule has 7 heteroatoms. The summed E-state index contributed by atoms with van der Waals surface area (Å²) in [7, 11) is 0. The minimum Gasteiger partial charge on any atom is -0.466 e. The van der Waals surface area contributed by atoms with Crippen molar-refractivity contribution in [1.29, 1.82) is 0 Å². The molecule has 3 aromatic rings. The smallest absolute Gasteiger partial charge is 0.258 e. The Labute approximate surface area is 157 Å². The van der Waals surface area contributed by atoms with E-state index in [2.05, 4.69) is 43.2 Å². The zero-order valence-electron chi connectivity index (χ0n) is 15.2. The zero-order chi connectivity index (χ0) is 18.5. The highest BCUT2D eigenvalue weighted by atomic mass is 16.5. The van der Waals surface area contributed by atoms with E-state index < -0.39 is 0 Å². The number of ether oxygens (including phenoxy) is 1. The van der Waals surface area contributed by atoms with Gasteiger partial charge in [0.05, 0.1) is 0 Å². The number of nitrogens with zero attached hydrogens (tertiary/aromatic N) is 4. The van der Waals surface area contributed by atoms with Gasteiger partial charge in [-0.2, -0.15) is 0 Å². The van der Waals surface area contributed by atoms with E-state index in [0.29, 0.717) is 19.0 Å². The Morgan fingerprint density at radius 3 is 2.74 bits per heavy atom. The number of carbonyl (C=O) groups is 1.